The van der Waals surface area contributed by atoms with Crippen LogP contribution < -0.4 is 5.32 Å². The van der Waals surface area contributed by atoms with Gasteiger partial charge in [0.2, 0.25) is 5.91 Å². The fourth-order valence-electron chi connectivity index (χ4n) is 4.09. The lowest BCUT2D eigenvalue weighted by Gasteiger charge is -2.35. The van der Waals surface area contributed by atoms with Gasteiger partial charge >= 0.3 is 0 Å². The molecule has 7 heteroatoms. The van der Waals surface area contributed by atoms with E-state index < -0.39 is 6.04 Å². The third-order valence-electron chi connectivity index (χ3n) is 5.55. The number of hydrogen-bond donors (Lipinski definition) is 1. The molecule has 0 bridgehead atoms. The van der Waals surface area contributed by atoms with Crippen LogP contribution in [0.5, 0.6) is 0 Å². The van der Waals surface area contributed by atoms with Crippen molar-refractivity contribution in [1.82, 2.24) is 10.2 Å². The van der Waals surface area contributed by atoms with E-state index in [1.807, 2.05) is 17.0 Å². The zero-order valence-electron chi connectivity index (χ0n) is 16.4. The van der Waals surface area contributed by atoms with Crippen LogP contribution >= 0.6 is 23.4 Å². The van der Waals surface area contributed by atoms with Crippen molar-refractivity contribution in [2.24, 2.45) is 5.92 Å². The molecule has 0 spiro atoms. The van der Waals surface area contributed by atoms with Gasteiger partial charge in [0.25, 0.3) is 5.91 Å². The number of ether oxygens (including phenoxy) is 1. The van der Waals surface area contributed by atoms with E-state index in [9.17, 15) is 9.59 Å². The Balaban J connectivity index is 1.79. The minimum atomic E-state index is -0.455. The van der Waals surface area contributed by atoms with E-state index >= 15 is 0 Å². The van der Waals surface area contributed by atoms with Crippen LogP contribution in [0.25, 0.3) is 0 Å². The average Bonchev–Trinajstić information content (AvgIpc) is 3.17. The molecule has 2 atom stereocenters. The van der Waals surface area contributed by atoms with E-state index in [1.54, 1.807) is 31.0 Å². The average molecular weight is 425 g/mol. The van der Waals surface area contributed by atoms with Crippen LogP contribution in [0.4, 0.5) is 0 Å². The molecule has 2 aliphatic rings. The fraction of sp³-hybridized carbons (Fsp3) is 0.619. The molecule has 154 valence electrons. The zero-order valence-corrected chi connectivity index (χ0v) is 17.9. The fourth-order valence-corrected chi connectivity index (χ4v) is 5.94. The smallest absolute Gasteiger partial charge is 0.256 e. The van der Waals surface area contributed by atoms with Gasteiger partial charge in [0.1, 0.15) is 6.04 Å². The number of nitrogens with one attached hydrogen (secondary N) is 1. The summed E-state index contributed by atoms with van der Waals surface area (Å²) in [5, 5.41) is 3.45. The number of nitrogens with zero attached hydrogens (tertiary/aromatic N) is 1. The molecule has 1 saturated heterocycles. The van der Waals surface area contributed by atoms with Crippen LogP contribution in [-0.2, 0) is 9.53 Å². The van der Waals surface area contributed by atoms with Gasteiger partial charge in [-0.1, -0.05) is 43.0 Å². The summed E-state index contributed by atoms with van der Waals surface area (Å²) in [6.45, 7) is 1.16. The molecule has 1 aliphatic carbocycles. The summed E-state index contributed by atoms with van der Waals surface area (Å²) in [6, 6.07) is 6.66. The summed E-state index contributed by atoms with van der Waals surface area (Å²) in [4.78, 5) is 28.1. The van der Waals surface area contributed by atoms with Crippen LogP contribution in [0.3, 0.4) is 0 Å². The van der Waals surface area contributed by atoms with E-state index in [-0.39, 0.29) is 17.2 Å². The highest BCUT2D eigenvalue weighted by molar-refractivity contribution is 8.00. The van der Waals surface area contributed by atoms with Crippen LogP contribution in [0, 0.1) is 5.92 Å². The maximum atomic E-state index is 13.4. The molecular formula is C21H29ClN2O3S. The summed E-state index contributed by atoms with van der Waals surface area (Å²) in [5.74, 6) is 0.856. The molecule has 1 aromatic rings. The maximum Gasteiger partial charge on any atom is 0.256 e. The van der Waals surface area contributed by atoms with Gasteiger partial charge in [0.15, 0.2) is 0 Å². The molecule has 1 heterocycles. The Labute approximate surface area is 176 Å². The normalized spacial score (nSPS) is 23.0. The lowest BCUT2D eigenvalue weighted by Crippen LogP contribution is -2.51. The molecule has 28 heavy (non-hydrogen) atoms. The van der Waals surface area contributed by atoms with Gasteiger partial charge in [0.05, 0.1) is 16.0 Å². The number of carbonyl (C=O) groups excluding carboxylic acids is 2. The molecule has 3 rings (SSSR count). The monoisotopic (exact) mass is 424 g/mol. The number of thioether (sulfide) groups is 1. The van der Waals surface area contributed by atoms with Crippen molar-refractivity contribution in [3.05, 3.63) is 34.9 Å². The molecule has 1 aromatic carbocycles. The topological polar surface area (TPSA) is 58.6 Å². The summed E-state index contributed by atoms with van der Waals surface area (Å²) >= 11 is 8.05. The Hall–Kier alpha value is -1.24. The largest absolute Gasteiger partial charge is 0.385 e. The Bertz CT molecular complexity index is 681. The molecule has 1 aliphatic heterocycles. The second-order valence-electron chi connectivity index (χ2n) is 7.47. The number of hydrogen-bond acceptors (Lipinski definition) is 4. The van der Waals surface area contributed by atoms with Gasteiger partial charge in [0, 0.05) is 26.0 Å². The van der Waals surface area contributed by atoms with E-state index in [2.05, 4.69) is 5.32 Å². The second kappa shape index (κ2) is 10.5. The summed E-state index contributed by atoms with van der Waals surface area (Å²) < 4.78 is 5.04. The summed E-state index contributed by atoms with van der Waals surface area (Å²) in [6.07, 6.45) is 6.65. The van der Waals surface area contributed by atoms with Crippen molar-refractivity contribution in [2.75, 3.05) is 26.0 Å². The Kier molecular flexibility index (Phi) is 8.06. The predicted octanol–water partition coefficient (Wildman–Crippen LogP) is 3.96. The highest BCUT2D eigenvalue weighted by Crippen LogP contribution is 2.41. The first kappa shape index (κ1) is 21.5. The van der Waals surface area contributed by atoms with Crippen molar-refractivity contribution in [3.63, 3.8) is 0 Å². The number of rotatable bonds is 7. The molecule has 2 fully saturated rings. The van der Waals surface area contributed by atoms with Crippen molar-refractivity contribution in [2.45, 2.75) is 49.9 Å². The number of carbonyl (C=O) groups is 2. The van der Waals surface area contributed by atoms with E-state index in [0.717, 1.165) is 19.3 Å². The molecule has 5 nitrogen and oxygen atoms in total. The summed E-state index contributed by atoms with van der Waals surface area (Å²) in [7, 11) is 1.65. The van der Waals surface area contributed by atoms with Crippen molar-refractivity contribution >= 4 is 35.2 Å². The van der Waals surface area contributed by atoms with Gasteiger partial charge in [-0.25, -0.2) is 0 Å². The first-order valence-corrected chi connectivity index (χ1v) is 11.5. The Morgan fingerprint density at radius 2 is 2.00 bits per heavy atom. The Morgan fingerprint density at radius 1 is 1.25 bits per heavy atom. The van der Waals surface area contributed by atoms with Crippen LogP contribution in [-0.4, -0.2) is 54.1 Å². The van der Waals surface area contributed by atoms with Crippen LogP contribution in [0.2, 0.25) is 5.02 Å². The molecule has 0 aromatic heterocycles. The molecule has 1 N–H and O–H groups in total. The van der Waals surface area contributed by atoms with Gasteiger partial charge in [-0.2, -0.15) is 0 Å². The van der Waals surface area contributed by atoms with Crippen molar-refractivity contribution in [3.8, 4) is 0 Å². The minimum absolute atomic E-state index is 0.0406. The molecule has 0 unspecified atom stereocenters. The maximum absolute atomic E-state index is 13.4. The van der Waals surface area contributed by atoms with Crippen molar-refractivity contribution in [1.29, 1.82) is 0 Å². The third kappa shape index (κ3) is 5.02. The lowest BCUT2D eigenvalue weighted by molar-refractivity contribution is -0.125. The lowest BCUT2D eigenvalue weighted by atomic mass is 9.88. The van der Waals surface area contributed by atoms with E-state index in [4.69, 9.17) is 16.3 Å². The molecule has 1 saturated carbocycles. The highest BCUT2D eigenvalue weighted by atomic mass is 35.5. The van der Waals surface area contributed by atoms with Crippen molar-refractivity contribution < 1.29 is 14.3 Å². The van der Waals surface area contributed by atoms with Gasteiger partial charge < -0.3 is 15.0 Å². The summed E-state index contributed by atoms with van der Waals surface area (Å²) in [5.41, 5.74) is 0.477. The van der Waals surface area contributed by atoms with Crippen LogP contribution in [0.1, 0.15) is 48.9 Å². The zero-order chi connectivity index (χ0) is 19.9. The third-order valence-corrected chi connectivity index (χ3v) is 7.35. The first-order chi connectivity index (χ1) is 13.6. The van der Waals surface area contributed by atoms with Gasteiger partial charge in [-0.3, -0.25) is 9.59 Å². The molecule has 2 amide bonds. The minimum Gasteiger partial charge on any atom is -0.385 e. The highest BCUT2D eigenvalue weighted by Gasteiger charge is 2.45. The first-order valence-electron chi connectivity index (χ1n) is 10.1. The van der Waals surface area contributed by atoms with Crippen LogP contribution in [0.15, 0.2) is 24.3 Å². The molecule has 0 radical (unpaired) electrons. The second-order valence-corrected chi connectivity index (χ2v) is 9.02. The van der Waals surface area contributed by atoms with Gasteiger partial charge in [-0.15, -0.1) is 11.8 Å². The number of halogens is 1. The van der Waals surface area contributed by atoms with E-state index in [0.29, 0.717) is 35.4 Å². The van der Waals surface area contributed by atoms with E-state index in [1.165, 1.54) is 19.3 Å². The standard InChI is InChI=1S/C21H29ClN2O3S/c1-27-13-7-12-23-19(25)18-14-28-21(15-8-3-2-4-9-15)24(18)20(26)16-10-5-6-11-17(16)22/h5-6,10-11,15,18,21H,2-4,7-9,12-14H2,1H3,(H,23,25)/t18-,21-/m0/s1. The number of methoxy groups -OCH3 is 1. The SMILES string of the molecule is COCCCNC(=O)[C@@H]1CS[C@@H](C2CCCCC2)N1C(=O)c1ccccc1Cl. The predicted molar refractivity (Wildman–Crippen MR) is 114 cm³/mol. The Morgan fingerprint density at radius 3 is 2.71 bits per heavy atom. The quantitative estimate of drug-likeness (QED) is 0.673. The van der Waals surface area contributed by atoms with Gasteiger partial charge in [-0.05, 0) is 37.3 Å². The number of amides is 2. The number of benzene rings is 1. The molecular weight excluding hydrogens is 396 g/mol.